The number of anilines is 2. The highest BCUT2D eigenvalue weighted by Crippen LogP contribution is 2.49. The predicted molar refractivity (Wildman–Crippen MR) is 129 cm³/mol. The first-order chi connectivity index (χ1) is 15.6. The van der Waals surface area contributed by atoms with Gasteiger partial charge in [0.05, 0.1) is 31.3 Å². The van der Waals surface area contributed by atoms with Gasteiger partial charge >= 0.3 is 0 Å². The van der Waals surface area contributed by atoms with Crippen molar-refractivity contribution in [3.05, 3.63) is 66.0 Å². The van der Waals surface area contributed by atoms with Gasteiger partial charge in [0.25, 0.3) is 0 Å². The first-order valence-corrected chi connectivity index (χ1v) is 11.7. The monoisotopic (exact) mass is 460 g/mol. The molecule has 5 nitrogen and oxygen atoms in total. The van der Waals surface area contributed by atoms with Crippen LogP contribution in [0.25, 0.3) is 21.8 Å². The molecule has 0 atom stereocenters. The van der Waals surface area contributed by atoms with Gasteiger partial charge in [-0.15, -0.1) is 11.3 Å². The summed E-state index contributed by atoms with van der Waals surface area (Å²) in [5.41, 5.74) is 4.61. The van der Waals surface area contributed by atoms with Crippen molar-refractivity contribution in [3.8, 4) is 33.3 Å². The molecule has 0 radical (unpaired) electrons. The van der Waals surface area contributed by atoms with Crippen LogP contribution in [0.5, 0.6) is 11.5 Å². The highest BCUT2D eigenvalue weighted by Gasteiger charge is 2.26. The molecule has 0 saturated heterocycles. The van der Waals surface area contributed by atoms with E-state index in [1.807, 2.05) is 53.9 Å². The van der Waals surface area contributed by atoms with Gasteiger partial charge in [0.15, 0.2) is 11.5 Å². The Labute approximate surface area is 194 Å². The molecule has 7 heteroatoms. The summed E-state index contributed by atoms with van der Waals surface area (Å²) in [7, 11) is 3.25. The molecule has 2 heterocycles. The molecule has 160 valence electrons. The molecule has 1 aliphatic rings. The minimum atomic E-state index is -0.0135. The van der Waals surface area contributed by atoms with E-state index in [1.165, 1.54) is 0 Å². The Morgan fingerprint density at radius 2 is 1.62 bits per heavy atom. The number of carbonyl (C=O) groups is 1. The van der Waals surface area contributed by atoms with E-state index in [2.05, 4.69) is 12.1 Å². The van der Waals surface area contributed by atoms with E-state index < -0.39 is 0 Å². The Hall–Kier alpha value is -3.29. The number of hydrogen-bond acceptors (Lipinski definition) is 6. The zero-order chi connectivity index (χ0) is 22.2. The number of thiazole rings is 1. The lowest BCUT2D eigenvalue weighted by Gasteiger charge is -2.30. The van der Waals surface area contributed by atoms with Crippen molar-refractivity contribution in [2.75, 3.05) is 19.1 Å². The average molecular weight is 461 g/mol. The van der Waals surface area contributed by atoms with Crippen molar-refractivity contribution in [3.63, 3.8) is 0 Å². The van der Waals surface area contributed by atoms with Crippen LogP contribution in [-0.2, 0) is 4.79 Å². The number of ether oxygens (including phenoxy) is 2. The number of rotatable bonds is 4. The zero-order valence-corrected chi connectivity index (χ0v) is 19.4. The quantitative estimate of drug-likeness (QED) is 0.342. The second kappa shape index (κ2) is 8.33. The lowest BCUT2D eigenvalue weighted by molar-refractivity contribution is -0.115. The first kappa shape index (κ1) is 20.6. The molecule has 0 bridgehead atoms. The Morgan fingerprint density at radius 1 is 0.875 bits per heavy atom. The van der Waals surface area contributed by atoms with Crippen LogP contribution in [0.2, 0.25) is 0 Å². The number of amides is 1. The van der Waals surface area contributed by atoms with E-state index in [4.69, 9.17) is 14.5 Å². The third kappa shape index (κ3) is 3.53. The predicted octanol–water partition coefficient (Wildman–Crippen LogP) is 6.64. The third-order valence-electron chi connectivity index (χ3n) is 5.27. The number of aromatic nitrogens is 1. The SMILES string of the molecule is COc1ccc(-c2nc(-c3ccc4c(c3)N(C(C)=O)c3ccccc3S4)cs2)cc1OC. The fourth-order valence-electron chi connectivity index (χ4n) is 3.76. The van der Waals surface area contributed by atoms with Crippen LogP contribution in [0.1, 0.15) is 6.92 Å². The average Bonchev–Trinajstić information content (AvgIpc) is 3.31. The van der Waals surface area contributed by atoms with Crippen molar-refractivity contribution >= 4 is 40.4 Å². The largest absolute Gasteiger partial charge is 0.493 e. The first-order valence-electron chi connectivity index (χ1n) is 9.99. The zero-order valence-electron chi connectivity index (χ0n) is 17.8. The standard InChI is InChI=1S/C25H20N2O3S2/c1-15(28)27-19-6-4-5-7-23(19)32-24-11-9-16(12-20(24)27)18-14-31-25(26-18)17-8-10-21(29-2)22(13-17)30-3/h4-14H,1-3H3. The minimum Gasteiger partial charge on any atom is -0.493 e. The number of methoxy groups -OCH3 is 2. The van der Waals surface area contributed by atoms with Gasteiger partial charge in [-0.1, -0.05) is 30.0 Å². The molecule has 0 saturated carbocycles. The van der Waals surface area contributed by atoms with Crippen LogP contribution in [-0.4, -0.2) is 25.1 Å². The van der Waals surface area contributed by atoms with Gasteiger partial charge in [0.2, 0.25) is 5.91 Å². The second-order valence-electron chi connectivity index (χ2n) is 7.21. The van der Waals surface area contributed by atoms with Gasteiger partial charge in [0, 0.05) is 33.2 Å². The summed E-state index contributed by atoms with van der Waals surface area (Å²) >= 11 is 3.25. The number of para-hydroxylation sites is 1. The summed E-state index contributed by atoms with van der Waals surface area (Å²) in [5.74, 6) is 1.34. The third-order valence-corrected chi connectivity index (χ3v) is 7.29. The molecule has 1 amide bonds. The topological polar surface area (TPSA) is 51.7 Å². The van der Waals surface area contributed by atoms with Gasteiger partial charge in [-0.25, -0.2) is 4.98 Å². The Morgan fingerprint density at radius 3 is 2.41 bits per heavy atom. The molecule has 1 aromatic heterocycles. The van der Waals surface area contributed by atoms with Crippen molar-refractivity contribution < 1.29 is 14.3 Å². The molecular formula is C25H20N2O3S2. The summed E-state index contributed by atoms with van der Waals surface area (Å²) in [6, 6.07) is 19.9. The normalized spacial score (nSPS) is 12.2. The van der Waals surface area contributed by atoms with Crippen LogP contribution < -0.4 is 14.4 Å². The molecule has 0 N–H and O–H groups in total. The lowest BCUT2D eigenvalue weighted by Crippen LogP contribution is -2.25. The maximum absolute atomic E-state index is 12.6. The summed E-state index contributed by atoms with van der Waals surface area (Å²) in [6.07, 6.45) is 0. The lowest BCUT2D eigenvalue weighted by atomic mass is 10.1. The van der Waals surface area contributed by atoms with Gasteiger partial charge in [-0.2, -0.15) is 0 Å². The smallest absolute Gasteiger partial charge is 0.228 e. The summed E-state index contributed by atoms with van der Waals surface area (Å²) in [5, 5.41) is 2.93. The summed E-state index contributed by atoms with van der Waals surface area (Å²) < 4.78 is 10.8. The number of nitrogens with zero attached hydrogens (tertiary/aromatic N) is 2. The number of carbonyl (C=O) groups excluding carboxylic acids is 1. The van der Waals surface area contributed by atoms with Gasteiger partial charge in [-0.05, 0) is 42.5 Å². The molecule has 0 fully saturated rings. The van der Waals surface area contributed by atoms with E-state index in [-0.39, 0.29) is 5.91 Å². The van der Waals surface area contributed by atoms with Crippen LogP contribution in [0, 0.1) is 0 Å². The molecule has 0 unspecified atom stereocenters. The summed E-state index contributed by atoms with van der Waals surface area (Å²) in [4.78, 5) is 21.3. The molecule has 3 aromatic carbocycles. The van der Waals surface area contributed by atoms with Crippen LogP contribution in [0.4, 0.5) is 11.4 Å². The maximum Gasteiger partial charge on any atom is 0.228 e. The van der Waals surface area contributed by atoms with Gasteiger partial charge < -0.3 is 9.47 Å². The molecule has 5 rings (SSSR count). The highest BCUT2D eigenvalue weighted by molar-refractivity contribution is 7.99. The van der Waals surface area contributed by atoms with E-state index in [1.54, 1.807) is 49.1 Å². The molecule has 4 aromatic rings. The number of benzene rings is 3. The number of fused-ring (bicyclic) bond motifs is 2. The molecule has 0 aliphatic carbocycles. The fourth-order valence-corrected chi connectivity index (χ4v) is 5.63. The molecule has 32 heavy (non-hydrogen) atoms. The van der Waals surface area contributed by atoms with E-state index >= 15 is 0 Å². The van der Waals surface area contributed by atoms with Crippen molar-refractivity contribution in [1.82, 2.24) is 4.98 Å². The molecule has 0 spiro atoms. The van der Waals surface area contributed by atoms with Crippen LogP contribution >= 0.6 is 23.1 Å². The van der Waals surface area contributed by atoms with Gasteiger partial charge in [-0.3, -0.25) is 9.69 Å². The Kier molecular flexibility index (Phi) is 5.36. The summed E-state index contributed by atoms with van der Waals surface area (Å²) in [6.45, 7) is 1.60. The fraction of sp³-hybridized carbons (Fsp3) is 0.120. The van der Waals surface area contributed by atoms with Crippen LogP contribution in [0.15, 0.2) is 75.8 Å². The van der Waals surface area contributed by atoms with Crippen molar-refractivity contribution in [2.45, 2.75) is 16.7 Å². The Bertz CT molecular complexity index is 1330. The molecule has 1 aliphatic heterocycles. The molecular weight excluding hydrogens is 440 g/mol. The Balaban J connectivity index is 1.53. The van der Waals surface area contributed by atoms with E-state index in [0.717, 1.165) is 43.0 Å². The number of hydrogen-bond donors (Lipinski definition) is 0. The van der Waals surface area contributed by atoms with E-state index in [9.17, 15) is 4.79 Å². The van der Waals surface area contributed by atoms with Crippen molar-refractivity contribution in [1.29, 1.82) is 0 Å². The van der Waals surface area contributed by atoms with Crippen LogP contribution in [0.3, 0.4) is 0 Å². The second-order valence-corrected chi connectivity index (χ2v) is 9.16. The minimum absolute atomic E-state index is 0.0135. The van der Waals surface area contributed by atoms with Gasteiger partial charge in [0.1, 0.15) is 5.01 Å². The van der Waals surface area contributed by atoms with Crippen molar-refractivity contribution in [2.24, 2.45) is 0 Å². The maximum atomic E-state index is 12.6. The van der Waals surface area contributed by atoms with E-state index in [0.29, 0.717) is 11.5 Å². The highest BCUT2D eigenvalue weighted by atomic mass is 32.2.